The minimum atomic E-state index is -4.74. The molecule has 0 saturated carbocycles. The van der Waals surface area contributed by atoms with E-state index >= 15 is 4.39 Å². The molecule has 0 unspecified atom stereocenters. The molecule has 7 nitrogen and oxygen atoms in total. The molecular weight excluding hydrogens is 513 g/mol. The molecule has 0 bridgehead atoms. The number of nitrogens with one attached hydrogen (secondary N) is 1. The van der Waals surface area contributed by atoms with Crippen LogP contribution >= 0.6 is 15.9 Å². The summed E-state index contributed by atoms with van der Waals surface area (Å²) in [6.07, 6.45) is 1.39. The summed E-state index contributed by atoms with van der Waals surface area (Å²) in [6.45, 7) is -0.675. The number of aliphatic imine (C=N–C) groups is 1. The lowest BCUT2D eigenvalue weighted by atomic mass is 10.1. The number of sulfonamides is 1. The number of hydrogen-bond acceptors (Lipinski definition) is 6. The third-order valence-electron chi connectivity index (χ3n) is 4.07. The maximum atomic E-state index is 15.5. The molecule has 0 radical (unpaired) electrons. The van der Waals surface area contributed by atoms with Crippen molar-refractivity contribution < 1.29 is 26.3 Å². The van der Waals surface area contributed by atoms with Crippen LogP contribution in [0.3, 0.4) is 0 Å². The molecule has 0 aliphatic rings. The number of allylic oxidation sites excluding steroid dienone is 1. The number of hydrogen-bond donors (Lipinski definition) is 1. The maximum Gasteiger partial charge on any atom is 0.269 e. The van der Waals surface area contributed by atoms with Crippen LogP contribution in [-0.2, 0) is 14.8 Å². The smallest absolute Gasteiger partial charge is 0.269 e. The van der Waals surface area contributed by atoms with Gasteiger partial charge >= 0.3 is 0 Å². The van der Waals surface area contributed by atoms with Crippen molar-refractivity contribution in [3.8, 4) is 6.07 Å². The second-order valence-corrected chi connectivity index (χ2v) is 8.77. The Hall–Kier alpha value is -2.88. The van der Waals surface area contributed by atoms with Gasteiger partial charge in [-0.15, -0.1) is 0 Å². The quantitative estimate of drug-likeness (QED) is 0.231. The standard InChI is InChI=1S/C20H18BrF3N4O3S/c1-26-20(15(21)11-27-9-8-25)14-4-3-5-17(19(14)24)28(12-31-2)32(29,30)18-10-13(22)6-7-16(18)23/h3-7,10-11,27H,9,12H2,1-2H3/b15-11+,26-20-. The van der Waals surface area contributed by atoms with Crippen molar-refractivity contribution in [2.24, 2.45) is 4.99 Å². The number of nitriles is 1. The van der Waals surface area contributed by atoms with Crippen LogP contribution in [0.2, 0.25) is 0 Å². The first-order chi connectivity index (χ1) is 15.2. The third kappa shape index (κ3) is 5.48. The number of benzene rings is 2. The van der Waals surface area contributed by atoms with Gasteiger partial charge in [-0.2, -0.15) is 5.26 Å². The molecule has 1 N–H and O–H groups in total. The Bertz CT molecular complexity index is 1200. The van der Waals surface area contributed by atoms with E-state index in [1.807, 2.05) is 6.07 Å². The van der Waals surface area contributed by atoms with Gasteiger partial charge in [0.05, 0.1) is 22.0 Å². The van der Waals surface area contributed by atoms with Crippen molar-refractivity contribution in [2.45, 2.75) is 4.90 Å². The van der Waals surface area contributed by atoms with Gasteiger partial charge in [-0.05, 0) is 46.3 Å². The number of methoxy groups -OCH3 is 1. The molecular formula is C20H18BrF3N4O3S. The average molecular weight is 531 g/mol. The van der Waals surface area contributed by atoms with Crippen molar-refractivity contribution in [3.05, 3.63) is 70.1 Å². The largest absolute Gasteiger partial charge is 0.377 e. The molecule has 0 aromatic heterocycles. The molecule has 0 saturated heterocycles. The first-order valence-electron chi connectivity index (χ1n) is 8.87. The molecule has 12 heteroatoms. The Morgan fingerprint density at radius 1 is 1.31 bits per heavy atom. The normalized spacial score (nSPS) is 12.4. The summed E-state index contributed by atoms with van der Waals surface area (Å²) < 4.78 is 75.3. The van der Waals surface area contributed by atoms with Crippen LogP contribution in [0.25, 0.3) is 0 Å². The van der Waals surface area contributed by atoms with Crippen LogP contribution in [0.15, 0.2) is 57.0 Å². The molecule has 0 aliphatic carbocycles. The van der Waals surface area contributed by atoms with E-state index in [2.05, 4.69) is 26.2 Å². The molecule has 32 heavy (non-hydrogen) atoms. The van der Waals surface area contributed by atoms with E-state index in [0.29, 0.717) is 20.9 Å². The van der Waals surface area contributed by atoms with E-state index in [4.69, 9.17) is 10.00 Å². The van der Waals surface area contributed by atoms with Crippen LogP contribution in [0.4, 0.5) is 18.9 Å². The molecule has 0 heterocycles. The molecule has 170 valence electrons. The van der Waals surface area contributed by atoms with E-state index in [0.717, 1.165) is 12.1 Å². The monoisotopic (exact) mass is 530 g/mol. The molecule has 2 aromatic rings. The molecule has 0 atom stereocenters. The summed E-state index contributed by atoms with van der Waals surface area (Å²) >= 11 is 3.24. The summed E-state index contributed by atoms with van der Waals surface area (Å²) in [6, 6.07) is 7.71. The fraction of sp³-hybridized carbons (Fsp3) is 0.200. The Labute approximate surface area is 192 Å². The predicted octanol–water partition coefficient (Wildman–Crippen LogP) is 3.67. The van der Waals surface area contributed by atoms with Crippen molar-refractivity contribution in [3.63, 3.8) is 0 Å². The molecule has 0 aliphatic heterocycles. The van der Waals surface area contributed by atoms with Gasteiger partial charge in [-0.25, -0.2) is 25.9 Å². The van der Waals surface area contributed by atoms with Gasteiger partial charge < -0.3 is 10.1 Å². The lowest BCUT2D eigenvalue weighted by molar-refractivity contribution is 0.209. The Kier molecular flexibility index (Phi) is 8.82. The highest BCUT2D eigenvalue weighted by molar-refractivity contribution is 9.12. The number of rotatable bonds is 9. The van der Waals surface area contributed by atoms with Crippen molar-refractivity contribution in [2.75, 3.05) is 31.7 Å². The van der Waals surface area contributed by atoms with Gasteiger partial charge in [0, 0.05) is 25.9 Å². The topological polar surface area (TPSA) is 94.8 Å². The Balaban J connectivity index is 2.63. The molecule has 2 rings (SSSR count). The lowest BCUT2D eigenvalue weighted by Crippen LogP contribution is -2.34. The summed E-state index contributed by atoms with van der Waals surface area (Å²) in [5.41, 5.74) is -0.427. The number of nitrogens with zero attached hydrogens (tertiary/aromatic N) is 3. The minimum absolute atomic E-state index is 0.00627. The fourth-order valence-corrected chi connectivity index (χ4v) is 4.70. The maximum absolute atomic E-state index is 15.5. The zero-order valence-electron chi connectivity index (χ0n) is 16.9. The number of ether oxygens (including phenoxy) is 1. The highest BCUT2D eigenvalue weighted by Gasteiger charge is 2.31. The highest BCUT2D eigenvalue weighted by atomic mass is 79.9. The summed E-state index contributed by atoms with van der Waals surface area (Å²) in [4.78, 5) is 3.05. The minimum Gasteiger partial charge on any atom is -0.377 e. The van der Waals surface area contributed by atoms with Gasteiger partial charge in [0.25, 0.3) is 10.0 Å². The fourth-order valence-electron chi connectivity index (χ4n) is 2.69. The van der Waals surface area contributed by atoms with Crippen molar-refractivity contribution in [1.82, 2.24) is 5.32 Å². The number of anilines is 1. The van der Waals surface area contributed by atoms with E-state index in [-0.39, 0.29) is 17.8 Å². The highest BCUT2D eigenvalue weighted by Crippen LogP contribution is 2.31. The Morgan fingerprint density at radius 2 is 2.03 bits per heavy atom. The van der Waals surface area contributed by atoms with E-state index in [1.165, 1.54) is 32.5 Å². The predicted molar refractivity (Wildman–Crippen MR) is 117 cm³/mol. The van der Waals surface area contributed by atoms with Crippen LogP contribution in [0.1, 0.15) is 5.56 Å². The third-order valence-corrected chi connectivity index (χ3v) is 6.43. The van der Waals surface area contributed by atoms with Crippen molar-refractivity contribution >= 4 is 37.4 Å². The number of halogens is 4. The van der Waals surface area contributed by atoms with Crippen molar-refractivity contribution in [1.29, 1.82) is 5.26 Å². The summed E-state index contributed by atoms with van der Waals surface area (Å²) in [5, 5.41) is 11.3. The first kappa shape index (κ1) is 25.4. The van der Waals surface area contributed by atoms with E-state index in [1.54, 1.807) is 0 Å². The first-order valence-corrected chi connectivity index (χ1v) is 11.1. The summed E-state index contributed by atoms with van der Waals surface area (Å²) in [5.74, 6) is -3.17. The Morgan fingerprint density at radius 3 is 2.66 bits per heavy atom. The molecule has 0 fully saturated rings. The zero-order valence-corrected chi connectivity index (χ0v) is 19.3. The van der Waals surface area contributed by atoms with E-state index in [9.17, 15) is 17.2 Å². The van der Waals surface area contributed by atoms with Gasteiger partial charge in [0.15, 0.2) is 5.82 Å². The van der Waals surface area contributed by atoms with Gasteiger partial charge in [0.2, 0.25) is 0 Å². The van der Waals surface area contributed by atoms with Crippen LogP contribution < -0.4 is 9.62 Å². The zero-order chi connectivity index (χ0) is 23.9. The van der Waals surface area contributed by atoms with Crippen LogP contribution in [-0.4, -0.2) is 41.6 Å². The second-order valence-electron chi connectivity index (χ2n) is 6.09. The summed E-state index contributed by atoms with van der Waals surface area (Å²) in [7, 11) is -2.17. The van der Waals surface area contributed by atoms with Gasteiger partial charge in [0.1, 0.15) is 29.8 Å². The average Bonchev–Trinajstić information content (AvgIpc) is 2.75. The van der Waals surface area contributed by atoms with Gasteiger partial charge in [-0.3, -0.25) is 4.99 Å². The van der Waals surface area contributed by atoms with Crippen LogP contribution in [0.5, 0.6) is 0 Å². The molecule has 0 amide bonds. The van der Waals surface area contributed by atoms with Gasteiger partial charge in [-0.1, -0.05) is 6.07 Å². The van der Waals surface area contributed by atoms with E-state index < -0.39 is 44.8 Å². The molecule has 0 spiro atoms. The SMILES string of the molecule is C/N=C(\C(Br)=C/NCC#N)c1cccc(N(COC)S(=O)(=O)c2cc(F)ccc2F)c1F. The lowest BCUT2D eigenvalue weighted by Gasteiger charge is -2.25. The molecule has 2 aromatic carbocycles. The second kappa shape index (κ2) is 11.1. The van der Waals surface area contributed by atoms with Crippen LogP contribution in [0, 0.1) is 28.8 Å².